The van der Waals surface area contributed by atoms with E-state index in [1.165, 1.54) is 12.3 Å². The minimum atomic E-state index is -1.04. The first-order valence-electron chi connectivity index (χ1n) is 2.87. The van der Waals surface area contributed by atoms with E-state index >= 15 is 0 Å². The number of nitrogens with zero attached hydrogens (tertiary/aromatic N) is 2. The predicted octanol–water partition coefficient (Wildman–Crippen LogP) is 0.243. The molecule has 4 nitrogen and oxygen atoms in total. The van der Waals surface area contributed by atoms with Gasteiger partial charge in [-0.1, -0.05) is 0 Å². The molecule has 0 aromatic carbocycles. The first-order valence-corrected chi connectivity index (χ1v) is 2.87. The molecular weight excluding hydrogens is 151 g/mol. The summed E-state index contributed by atoms with van der Waals surface area (Å²) < 4.78 is 12.2. The number of hydrogen-bond acceptors (Lipinski definition) is 3. The topological polar surface area (TPSA) is 63.1 Å². The molecule has 1 aromatic rings. The van der Waals surface area contributed by atoms with Gasteiger partial charge in [0.15, 0.2) is 0 Å². The number of aromatic nitrogens is 2. The largest absolute Gasteiger partial charge is 0.481 e. The zero-order chi connectivity index (χ0) is 8.27. The molecule has 1 rings (SSSR count). The van der Waals surface area contributed by atoms with Crippen LogP contribution in [0.2, 0.25) is 0 Å². The van der Waals surface area contributed by atoms with E-state index in [-0.39, 0.29) is 12.1 Å². The highest BCUT2D eigenvalue weighted by Crippen LogP contribution is 1.94. The molecule has 0 saturated heterocycles. The van der Waals surface area contributed by atoms with Gasteiger partial charge in [-0.3, -0.25) is 4.79 Å². The third kappa shape index (κ3) is 2.29. The predicted molar refractivity (Wildman–Crippen MR) is 33.3 cm³/mol. The summed E-state index contributed by atoms with van der Waals surface area (Å²) in [5, 5.41) is 8.27. The lowest BCUT2D eigenvalue weighted by molar-refractivity contribution is -0.136. The molecule has 11 heavy (non-hydrogen) atoms. The zero-order valence-corrected chi connectivity index (χ0v) is 5.49. The Morgan fingerprint density at radius 2 is 2.45 bits per heavy atom. The molecule has 0 bridgehead atoms. The lowest BCUT2D eigenvalue weighted by atomic mass is 10.3. The highest BCUT2D eigenvalue weighted by Gasteiger charge is 2.02. The lowest BCUT2D eigenvalue weighted by Crippen LogP contribution is -2.03. The SMILES string of the molecule is O=C(O)Cc1ccnc(F)n1. The van der Waals surface area contributed by atoms with Crippen molar-refractivity contribution in [2.45, 2.75) is 6.42 Å². The van der Waals surface area contributed by atoms with Crippen molar-refractivity contribution in [3.05, 3.63) is 24.0 Å². The van der Waals surface area contributed by atoms with Crippen LogP contribution in [0, 0.1) is 6.08 Å². The summed E-state index contributed by atoms with van der Waals surface area (Å²) in [6.07, 6.45) is 0.00352. The molecule has 1 aromatic heterocycles. The molecule has 5 heteroatoms. The van der Waals surface area contributed by atoms with Gasteiger partial charge in [-0.2, -0.15) is 4.39 Å². The molecule has 0 saturated carbocycles. The molecule has 1 N–H and O–H groups in total. The molecule has 0 amide bonds. The first kappa shape index (κ1) is 7.59. The third-order valence-electron chi connectivity index (χ3n) is 1.02. The second-order valence-electron chi connectivity index (χ2n) is 1.89. The van der Waals surface area contributed by atoms with Gasteiger partial charge in [-0.05, 0) is 6.07 Å². The van der Waals surface area contributed by atoms with Gasteiger partial charge in [-0.25, -0.2) is 9.97 Å². The molecule has 0 atom stereocenters. The van der Waals surface area contributed by atoms with E-state index in [2.05, 4.69) is 9.97 Å². The van der Waals surface area contributed by atoms with E-state index < -0.39 is 12.0 Å². The maximum atomic E-state index is 12.2. The van der Waals surface area contributed by atoms with Crippen molar-refractivity contribution in [2.75, 3.05) is 0 Å². The van der Waals surface area contributed by atoms with Gasteiger partial charge in [0.25, 0.3) is 0 Å². The Morgan fingerprint density at radius 3 is 3.00 bits per heavy atom. The summed E-state index contributed by atoms with van der Waals surface area (Å²) in [4.78, 5) is 16.5. The highest BCUT2D eigenvalue weighted by molar-refractivity contribution is 5.69. The van der Waals surface area contributed by atoms with Crippen LogP contribution in [-0.2, 0) is 11.2 Å². The smallest absolute Gasteiger partial charge is 0.309 e. The van der Waals surface area contributed by atoms with Gasteiger partial charge >= 0.3 is 12.0 Å². The Labute approximate surface area is 61.7 Å². The summed E-state index contributed by atoms with van der Waals surface area (Å²) in [6.45, 7) is 0. The molecule has 58 valence electrons. The molecule has 0 aliphatic carbocycles. The number of rotatable bonds is 2. The third-order valence-corrected chi connectivity index (χ3v) is 1.02. The summed E-state index contributed by atoms with van der Waals surface area (Å²) in [7, 11) is 0. The fourth-order valence-corrected chi connectivity index (χ4v) is 0.623. The number of aliphatic carboxylic acids is 1. The molecule has 0 radical (unpaired) electrons. The van der Waals surface area contributed by atoms with Crippen LogP contribution in [0.15, 0.2) is 12.3 Å². The number of carboxylic acid groups (broad SMARTS) is 1. The molecular formula is C6H5FN2O2. The van der Waals surface area contributed by atoms with Crippen LogP contribution >= 0.6 is 0 Å². The standard InChI is InChI=1S/C6H5FN2O2/c7-6-8-2-1-4(9-6)3-5(10)11/h1-2H,3H2,(H,10,11). The average molecular weight is 156 g/mol. The summed E-state index contributed by atoms with van der Waals surface area (Å²) in [6, 6.07) is 1.36. The van der Waals surface area contributed by atoms with Crippen molar-refractivity contribution in [2.24, 2.45) is 0 Å². The molecule has 0 aliphatic heterocycles. The maximum Gasteiger partial charge on any atom is 0.309 e. The number of hydrogen-bond donors (Lipinski definition) is 1. The fraction of sp³-hybridized carbons (Fsp3) is 0.167. The van der Waals surface area contributed by atoms with Crippen LogP contribution in [0.1, 0.15) is 5.69 Å². The minimum absolute atomic E-state index is 0.171. The Hall–Kier alpha value is -1.52. The Morgan fingerprint density at radius 1 is 1.73 bits per heavy atom. The summed E-state index contributed by atoms with van der Waals surface area (Å²) in [5.74, 6) is -1.04. The van der Waals surface area contributed by atoms with Gasteiger partial charge in [0.2, 0.25) is 0 Å². The second-order valence-corrected chi connectivity index (χ2v) is 1.89. The molecule has 0 unspecified atom stereocenters. The summed E-state index contributed by atoms with van der Waals surface area (Å²) >= 11 is 0. The van der Waals surface area contributed by atoms with Crippen molar-refractivity contribution in [3.8, 4) is 0 Å². The van der Waals surface area contributed by atoms with E-state index in [9.17, 15) is 9.18 Å². The number of carboxylic acids is 1. The average Bonchev–Trinajstić information content (AvgIpc) is 1.85. The van der Waals surface area contributed by atoms with Crippen LogP contribution in [0.25, 0.3) is 0 Å². The molecule has 0 aliphatic rings. The van der Waals surface area contributed by atoms with Crippen LogP contribution in [0.3, 0.4) is 0 Å². The first-order chi connectivity index (χ1) is 5.18. The van der Waals surface area contributed by atoms with Crippen molar-refractivity contribution in [3.63, 3.8) is 0 Å². The van der Waals surface area contributed by atoms with E-state index in [1.807, 2.05) is 0 Å². The fourth-order valence-electron chi connectivity index (χ4n) is 0.623. The molecule has 0 fully saturated rings. The van der Waals surface area contributed by atoms with Crippen LogP contribution < -0.4 is 0 Å². The highest BCUT2D eigenvalue weighted by atomic mass is 19.1. The monoisotopic (exact) mass is 156 g/mol. The van der Waals surface area contributed by atoms with E-state index in [4.69, 9.17) is 5.11 Å². The lowest BCUT2D eigenvalue weighted by Gasteiger charge is -1.93. The Kier molecular flexibility index (Phi) is 2.10. The van der Waals surface area contributed by atoms with Gasteiger partial charge < -0.3 is 5.11 Å². The minimum Gasteiger partial charge on any atom is -0.481 e. The van der Waals surface area contributed by atoms with Crippen LogP contribution in [-0.4, -0.2) is 21.0 Å². The van der Waals surface area contributed by atoms with Crippen LogP contribution in [0.5, 0.6) is 0 Å². The number of halogens is 1. The van der Waals surface area contributed by atoms with Gasteiger partial charge in [0.05, 0.1) is 12.1 Å². The van der Waals surface area contributed by atoms with Crippen LogP contribution in [0.4, 0.5) is 4.39 Å². The Balaban J connectivity index is 2.79. The van der Waals surface area contributed by atoms with Gasteiger partial charge in [-0.15, -0.1) is 0 Å². The van der Waals surface area contributed by atoms with Crippen molar-refractivity contribution in [1.82, 2.24) is 9.97 Å². The number of carbonyl (C=O) groups is 1. The molecule has 1 heterocycles. The van der Waals surface area contributed by atoms with Crippen molar-refractivity contribution >= 4 is 5.97 Å². The summed E-state index contributed by atoms with van der Waals surface area (Å²) in [5.41, 5.74) is 0.171. The maximum absolute atomic E-state index is 12.2. The van der Waals surface area contributed by atoms with Gasteiger partial charge in [0, 0.05) is 6.20 Å². The molecule has 0 spiro atoms. The zero-order valence-electron chi connectivity index (χ0n) is 5.49. The van der Waals surface area contributed by atoms with Crippen molar-refractivity contribution < 1.29 is 14.3 Å². The van der Waals surface area contributed by atoms with E-state index in [1.54, 1.807) is 0 Å². The quantitative estimate of drug-likeness (QED) is 0.623. The Bertz CT molecular complexity index is 277. The normalized spacial score (nSPS) is 9.55. The van der Waals surface area contributed by atoms with Gasteiger partial charge in [0.1, 0.15) is 0 Å². The van der Waals surface area contributed by atoms with Crippen molar-refractivity contribution in [1.29, 1.82) is 0 Å². The second kappa shape index (κ2) is 3.05. The van der Waals surface area contributed by atoms with E-state index in [0.29, 0.717) is 0 Å². The van der Waals surface area contributed by atoms with E-state index in [0.717, 1.165) is 0 Å².